The molecule has 25 heavy (non-hydrogen) atoms. The predicted octanol–water partition coefficient (Wildman–Crippen LogP) is 2.45. The number of aryl methyl sites for hydroxylation is 1. The molecule has 3 aromatic rings. The summed E-state index contributed by atoms with van der Waals surface area (Å²) < 4.78 is 15.4. The van der Waals surface area contributed by atoms with E-state index in [0.717, 1.165) is 28.9 Å². The Morgan fingerprint density at radius 1 is 1.24 bits per heavy atom. The third-order valence-electron chi connectivity index (χ3n) is 3.67. The van der Waals surface area contributed by atoms with E-state index in [1.54, 1.807) is 28.9 Å². The van der Waals surface area contributed by atoms with Gasteiger partial charge in [-0.3, -0.25) is 4.79 Å². The zero-order valence-corrected chi connectivity index (χ0v) is 15.0. The lowest BCUT2D eigenvalue weighted by Gasteiger charge is -2.06. The van der Waals surface area contributed by atoms with Crippen molar-refractivity contribution in [2.45, 2.75) is 27.3 Å². The number of nitrogens with one attached hydrogen (secondary N) is 1. The summed E-state index contributed by atoms with van der Waals surface area (Å²) in [6.07, 6.45) is 0. The molecule has 2 heterocycles. The SMILES string of the molecule is CCOc1ccc(NC(=O)c2nnn(Cc3nsnc3C)c2C)cc1. The number of aromatic nitrogens is 5. The average molecular weight is 358 g/mol. The van der Waals surface area contributed by atoms with Gasteiger partial charge in [0.25, 0.3) is 5.91 Å². The first-order chi connectivity index (χ1) is 12.1. The van der Waals surface area contributed by atoms with Crippen LogP contribution in [0.3, 0.4) is 0 Å². The Labute approximate surface area is 149 Å². The predicted molar refractivity (Wildman–Crippen MR) is 94.1 cm³/mol. The quantitative estimate of drug-likeness (QED) is 0.727. The summed E-state index contributed by atoms with van der Waals surface area (Å²) >= 11 is 1.16. The molecule has 0 aliphatic rings. The van der Waals surface area contributed by atoms with E-state index in [-0.39, 0.29) is 11.6 Å². The number of carbonyl (C=O) groups excluding carboxylic acids is 1. The summed E-state index contributed by atoms with van der Waals surface area (Å²) in [5, 5.41) is 10.9. The van der Waals surface area contributed by atoms with Crippen molar-refractivity contribution in [1.29, 1.82) is 0 Å². The number of rotatable bonds is 6. The molecule has 0 fully saturated rings. The Morgan fingerprint density at radius 3 is 2.64 bits per heavy atom. The van der Waals surface area contributed by atoms with E-state index in [1.165, 1.54) is 0 Å². The Hall–Kier alpha value is -2.81. The normalized spacial score (nSPS) is 10.7. The van der Waals surface area contributed by atoms with E-state index in [1.807, 2.05) is 20.8 Å². The summed E-state index contributed by atoms with van der Waals surface area (Å²) in [5.74, 6) is 0.455. The fraction of sp³-hybridized carbons (Fsp3) is 0.312. The molecule has 8 nitrogen and oxygen atoms in total. The standard InChI is InChI=1S/C16H18N6O2S/c1-4-24-13-7-5-12(6-8-13)17-16(23)15-11(3)22(21-18-15)9-14-10(2)19-25-20-14/h5-8H,4,9H2,1-3H3,(H,17,23). The van der Waals surface area contributed by atoms with Gasteiger partial charge < -0.3 is 10.1 Å². The zero-order valence-electron chi connectivity index (χ0n) is 14.2. The van der Waals surface area contributed by atoms with Crippen LogP contribution in [0, 0.1) is 13.8 Å². The first kappa shape index (κ1) is 17.0. The molecule has 0 unspecified atom stereocenters. The van der Waals surface area contributed by atoms with Gasteiger partial charge in [-0.2, -0.15) is 8.75 Å². The van der Waals surface area contributed by atoms with Gasteiger partial charge in [-0.05, 0) is 45.0 Å². The maximum atomic E-state index is 12.4. The first-order valence-electron chi connectivity index (χ1n) is 7.80. The van der Waals surface area contributed by atoms with Crippen molar-refractivity contribution >= 4 is 23.3 Å². The smallest absolute Gasteiger partial charge is 0.278 e. The highest BCUT2D eigenvalue weighted by Gasteiger charge is 2.18. The van der Waals surface area contributed by atoms with Crippen molar-refractivity contribution in [2.75, 3.05) is 11.9 Å². The molecular weight excluding hydrogens is 340 g/mol. The van der Waals surface area contributed by atoms with Crippen LogP contribution in [0.25, 0.3) is 0 Å². The fourth-order valence-electron chi connectivity index (χ4n) is 2.25. The maximum Gasteiger partial charge on any atom is 0.278 e. The van der Waals surface area contributed by atoms with Crippen LogP contribution < -0.4 is 10.1 Å². The molecule has 1 aromatic carbocycles. The second kappa shape index (κ2) is 7.39. The van der Waals surface area contributed by atoms with Crippen LogP contribution in [-0.4, -0.2) is 36.3 Å². The number of anilines is 1. The molecular formula is C16H18N6O2S. The number of carbonyl (C=O) groups is 1. The maximum absolute atomic E-state index is 12.4. The molecule has 0 spiro atoms. The number of nitrogens with zero attached hydrogens (tertiary/aromatic N) is 5. The summed E-state index contributed by atoms with van der Waals surface area (Å²) in [6.45, 7) is 6.66. The topological polar surface area (TPSA) is 94.8 Å². The largest absolute Gasteiger partial charge is 0.494 e. The van der Waals surface area contributed by atoms with E-state index in [0.29, 0.717) is 24.5 Å². The highest BCUT2D eigenvalue weighted by atomic mass is 32.1. The molecule has 0 radical (unpaired) electrons. The molecule has 1 amide bonds. The molecule has 2 aromatic heterocycles. The molecule has 0 saturated heterocycles. The fourth-order valence-corrected chi connectivity index (χ4v) is 2.80. The van der Waals surface area contributed by atoms with Gasteiger partial charge in [0.1, 0.15) is 5.75 Å². The number of ether oxygens (including phenoxy) is 1. The highest BCUT2D eigenvalue weighted by molar-refractivity contribution is 6.99. The number of hydrogen-bond acceptors (Lipinski definition) is 7. The Bertz CT molecular complexity index is 871. The Morgan fingerprint density at radius 2 is 2.00 bits per heavy atom. The highest BCUT2D eigenvalue weighted by Crippen LogP contribution is 2.17. The van der Waals surface area contributed by atoms with Crippen molar-refractivity contribution in [1.82, 2.24) is 23.7 Å². The zero-order chi connectivity index (χ0) is 17.8. The summed E-state index contributed by atoms with van der Waals surface area (Å²) in [4.78, 5) is 12.4. The molecule has 9 heteroatoms. The van der Waals surface area contributed by atoms with E-state index in [4.69, 9.17) is 4.74 Å². The van der Waals surface area contributed by atoms with Gasteiger partial charge in [-0.1, -0.05) is 5.21 Å². The average Bonchev–Trinajstić information content (AvgIpc) is 3.17. The van der Waals surface area contributed by atoms with Crippen molar-refractivity contribution in [3.05, 3.63) is 47.0 Å². The molecule has 130 valence electrons. The second-order valence-corrected chi connectivity index (χ2v) is 5.92. The second-order valence-electron chi connectivity index (χ2n) is 5.39. The molecule has 0 saturated carbocycles. The van der Waals surface area contributed by atoms with Gasteiger partial charge in [0.05, 0.1) is 42.0 Å². The molecule has 0 aliphatic carbocycles. The number of hydrogen-bond donors (Lipinski definition) is 1. The van der Waals surface area contributed by atoms with Crippen LogP contribution in [0.5, 0.6) is 5.75 Å². The Balaban J connectivity index is 1.71. The minimum absolute atomic E-state index is 0.287. The van der Waals surface area contributed by atoms with Crippen molar-refractivity contribution in [3.8, 4) is 5.75 Å². The molecule has 3 rings (SSSR count). The van der Waals surface area contributed by atoms with Crippen LogP contribution in [0.1, 0.15) is 34.5 Å². The van der Waals surface area contributed by atoms with Gasteiger partial charge in [0.2, 0.25) is 0 Å². The van der Waals surface area contributed by atoms with Crippen LogP contribution in [0.15, 0.2) is 24.3 Å². The van der Waals surface area contributed by atoms with Gasteiger partial charge >= 0.3 is 0 Å². The first-order valence-corrected chi connectivity index (χ1v) is 8.54. The van der Waals surface area contributed by atoms with E-state index in [2.05, 4.69) is 24.4 Å². The van der Waals surface area contributed by atoms with Gasteiger partial charge in [0, 0.05) is 5.69 Å². The van der Waals surface area contributed by atoms with Crippen LogP contribution in [0.4, 0.5) is 5.69 Å². The lowest BCUT2D eigenvalue weighted by atomic mass is 10.2. The van der Waals surface area contributed by atoms with Gasteiger partial charge in [-0.15, -0.1) is 5.10 Å². The minimum Gasteiger partial charge on any atom is -0.494 e. The monoisotopic (exact) mass is 358 g/mol. The summed E-state index contributed by atoms with van der Waals surface area (Å²) in [6, 6.07) is 7.18. The van der Waals surface area contributed by atoms with Crippen LogP contribution >= 0.6 is 11.7 Å². The van der Waals surface area contributed by atoms with Gasteiger partial charge in [-0.25, -0.2) is 4.68 Å². The molecule has 1 N–H and O–H groups in total. The minimum atomic E-state index is -0.305. The molecule has 0 bridgehead atoms. The Kier molecular flexibility index (Phi) is 5.03. The van der Waals surface area contributed by atoms with E-state index < -0.39 is 0 Å². The van der Waals surface area contributed by atoms with Crippen LogP contribution in [-0.2, 0) is 6.54 Å². The third-order valence-corrected chi connectivity index (χ3v) is 4.32. The van der Waals surface area contributed by atoms with E-state index >= 15 is 0 Å². The molecule has 0 atom stereocenters. The number of benzene rings is 1. The lowest BCUT2D eigenvalue weighted by Crippen LogP contribution is -2.14. The number of amides is 1. The van der Waals surface area contributed by atoms with Crippen molar-refractivity contribution in [2.24, 2.45) is 0 Å². The summed E-state index contributed by atoms with van der Waals surface area (Å²) in [5.41, 5.74) is 3.32. The summed E-state index contributed by atoms with van der Waals surface area (Å²) in [7, 11) is 0. The van der Waals surface area contributed by atoms with E-state index in [9.17, 15) is 4.79 Å². The molecule has 0 aliphatic heterocycles. The van der Waals surface area contributed by atoms with Crippen molar-refractivity contribution in [3.63, 3.8) is 0 Å². The van der Waals surface area contributed by atoms with Gasteiger partial charge in [0.15, 0.2) is 5.69 Å². The van der Waals surface area contributed by atoms with Crippen LogP contribution in [0.2, 0.25) is 0 Å². The lowest BCUT2D eigenvalue weighted by molar-refractivity contribution is 0.102. The van der Waals surface area contributed by atoms with Crippen molar-refractivity contribution < 1.29 is 9.53 Å². The third kappa shape index (κ3) is 3.82.